The highest BCUT2D eigenvalue weighted by atomic mass is 35.5. The van der Waals surface area contributed by atoms with E-state index in [1.807, 2.05) is 7.05 Å². The molecule has 7 nitrogen and oxygen atoms in total. The van der Waals surface area contributed by atoms with Crippen molar-refractivity contribution >= 4 is 18.3 Å². The molecule has 124 valence electrons. The number of nitrogens with zero attached hydrogens (tertiary/aromatic N) is 3. The second-order valence-corrected chi connectivity index (χ2v) is 5.33. The van der Waals surface area contributed by atoms with Crippen LogP contribution in [0.2, 0.25) is 0 Å². The predicted molar refractivity (Wildman–Crippen MR) is 88.6 cm³/mol. The van der Waals surface area contributed by atoms with Crippen LogP contribution in [0.25, 0.3) is 11.5 Å². The Morgan fingerprint density at radius 3 is 3.00 bits per heavy atom. The molecule has 0 atom stereocenters. The number of aromatic nitrogens is 3. The van der Waals surface area contributed by atoms with Crippen molar-refractivity contribution < 1.29 is 9.21 Å². The van der Waals surface area contributed by atoms with Crippen molar-refractivity contribution in [3.63, 3.8) is 0 Å². The number of aryl methyl sites for hydroxylation is 2. The summed E-state index contributed by atoms with van der Waals surface area (Å²) >= 11 is 0. The van der Waals surface area contributed by atoms with Crippen LogP contribution in [0.5, 0.6) is 0 Å². The van der Waals surface area contributed by atoms with E-state index in [-0.39, 0.29) is 18.3 Å². The Bertz CT molecular complexity index is 719. The Hall–Kier alpha value is -2.12. The molecule has 0 unspecified atom stereocenters. The Labute approximate surface area is 140 Å². The van der Waals surface area contributed by atoms with Crippen molar-refractivity contribution in [3.8, 4) is 11.5 Å². The third-order valence-electron chi connectivity index (χ3n) is 3.60. The molecule has 3 rings (SSSR count). The smallest absolute Gasteiger partial charge is 0.273 e. The zero-order chi connectivity index (χ0) is 15.5. The highest BCUT2D eigenvalue weighted by Gasteiger charge is 2.19. The molecule has 0 fully saturated rings. The normalized spacial score (nSPS) is 14.1. The van der Waals surface area contributed by atoms with Gasteiger partial charge in [-0.1, -0.05) is 11.6 Å². The molecule has 0 saturated heterocycles. The predicted octanol–water partition coefficient (Wildman–Crippen LogP) is 1.45. The molecule has 0 bridgehead atoms. The number of halogens is 1. The summed E-state index contributed by atoms with van der Waals surface area (Å²) in [4.78, 5) is 16.6. The maximum absolute atomic E-state index is 12.3. The molecule has 1 aliphatic rings. The quantitative estimate of drug-likeness (QED) is 0.825. The van der Waals surface area contributed by atoms with Gasteiger partial charge in [-0.3, -0.25) is 9.48 Å². The van der Waals surface area contributed by atoms with Crippen molar-refractivity contribution in [2.45, 2.75) is 13.3 Å². The fourth-order valence-corrected chi connectivity index (χ4v) is 2.37. The highest BCUT2D eigenvalue weighted by molar-refractivity contribution is 5.93. The van der Waals surface area contributed by atoms with Gasteiger partial charge in [0.25, 0.3) is 5.91 Å². The van der Waals surface area contributed by atoms with Crippen LogP contribution in [0, 0.1) is 6.92 Å². The molecule has 0 radical (unpaired) electrons. The van der Waals surface area contributed by atoms with Gasteiger partial charge in [-0.15, -0.1) is 12.4 Å². The average molecular weight is 338 g/mol. The SMILES string of the molecule is Cc1oc(-c2cnn(C)c2)nc1C(=O)NCC1=CCNCC1.Cl. The number of hydrogen-bond donors (Lipinski definition) is 2. The Morgan fingerprint density at radius 1 is 1.52 bits per heavy atom. The molecule has 1 amide bonds. The summed E-state index contributed by atoms with van der Waals surface area (Å²) < 4.78 is 7.24. The molecule has 1 aliphatic heterocycles. The fourth-order valence-electron chi connectivity index (χ4n) is 2.37. The molecule has 23 heavy (non-hydrogen) atoms. The van der Waals surface area contributed by atoms with E-state index in [1.165, 1.54) is 5.57 Å². The lowest BCUT2D eigenvalue weighted by Gasteiger charge is -2.14. The number of nitrogens with one attached hydrogen (secondary N) is 2. The second-order valence-electron chi connectivity index (χ2n) is 5.33. The fraction of sp³-hybridized carbons (Fsp3) is 0.400. The van der Waals surface area contributed by atoms with Crippen LogP contribution in [-0.2, 0) is 7.05 Å². The molecular weight excluding hydrogens is 318 g/mol. The van der Waals surface area contributed by atoms with Gasteiger partial charge in [-0.2, -0.15) is 5.10 Å². The van der Waals surface area contributed by atoms with Gasteiger partial charge >= 0.3 is 0 Å². The van der Waals surface area contributed by atoms with Gasteiger partial charge in [-0.05, 0) is 19.9 Å². The lowest BCUT2D eigenvalue weighted by atomic mass is 10.1. The summed E-state index contributed by atoms with van der Waals surface area (Å²) in [5.41, 5.74) is 2.32. The van der Waals surface area contributed by atoms with Gasteiger partial charge in [0.1, 0.15) is 5.76 Å². The zero-order valence-electron chi connectivity index (χ0n) is 13.1. The summed E-state index contributed by atoms with van der Waals surface area (Å²) in [5, 5.41) is 10.2. The van der Waals surface area contributed by atoms with Crippen LogP contribution in [0.15, 0.2) is 28.5 Å². The van der Waals surface area contributed by atoms with E-state index < -0.39 is 0 Å². The summed E-state index contributed by atoms with van der Waals surface area (Å²) in [6.45, 7) is 4.11. The molecule has 0 spiro atoms. The first kappa shape index (κ1) is 17.2. The van der Waals surface area contributed by atoms with Crippen LogP contribution < -0.4 is 10.6 Å². The largest absolute Gasteiger partial charge is 0.440 e. The molecule has 3 heterocycles. The van der Waals surface area contributed by atoms with E-state index in [1.54, 1.807) is 24.0 Å². The van der Waals surface area contributed by atoms with Crippen molar-refractivity contribution in [3.05, 3.63) is 35.5 Å². The standard InChI is InChI=1S/C15H19N5O2.ClH/c1-10-13(14(21)17-7-11-3-5-16-6-4-11)19-15(22-10)12-8-18-20(2)9-12;/h3,8-9,16H,4-7H2,1-2H3,(H,17,21);1H. The minimum atomic E-state index is -0.212. The minimum absolute atomic E-state index is 0. The van der Waals surface area contributed by atoms with E-state index in [0.29, 0.717) is 23.9 Å². The summed E-state index contributed by atoms with van der Waals surface area (Å²) in [7, 11) is 1.82. The number of carbonyl (C=O) groups excluding carboxylic acids is 1. The van der Waals surface area contributed by atoms with E-state index in [2.05, 4.69) is 26.8 Å². The van der Waals surface area contributed by atoms with Gasteiger partial charge in [0, 0.05) is 26.3 Å². The van der Waals surface area contributed by atoms with Gasteiger partial charge in [0.15, 0.2) is 5.69 Å². The van der Waals surface area contributed by atoms with E-state index in [4.69, 9.17) is 4.42 Å². The molecule has 0 aliphatic carbocycles. The number of rotatable bonds is 4. The average Bonchev–Trinajstić information content (AvgIpc) is 3.12. The molecule has 2 N–H and O–H groups in total. The Morgan fingerprint density at radius 2 is 2.35 bits per heavy atom. The summed E-state index contributed by atoms with van der Waals surface area (Å²) in [6.07, 6.45) is 6.53. The van der Waals surface area contributed by atoms with Gasteiger partial charge < -0.3 is 15.1 Å². The summed E-state index contributed by atoms with van der Waals surface area (Å²) in [5.74, 6) is 0.711. The van der Waals surface area contributed by atoms with Crippen LogP contribution in [0.1, 0.15) is 22.7 Å². The molecular formula is C15H20ClN5O2. The van der Waals surface area contributed by atoms with Crippen LogP contribution >= 0.6 is 12.4 Å². The van der Waals surface area contributed by atoms with Crippen LogP contribution in [-0.4, -0.2) is 40.3 Å². The first-order valence-corrected chi connectivity index (χ1v) is 7.27. The Balaban J connectivity index is 0.00000192. The van der Waals surface area contributed by atoms with Gasteiger partial charge in [0.2, 0.25) is 5.89 Å². The van der Waals surface area contributed by atoms with Gasteiger partial charge in [0.05, 0.1) is 11.8 Å². The number of amides is 1. The molecule has 8 heteroatoms. The minimum Gasteiger partial charge on any atom is -0.440 e. The number of carbonyl (C=O) groups is 1. The molecule has 2 aromatic rings. The topological polar surface area (TPSA) is 85.0 Å². The first-order chi connectivity index (χ1) is 10.6. The molecule has 2 aromatic heterocycles. The lowest BCUT2D eigenvalue weighted by Crippen LogP contribution is -2.30. The van der Waals surface area contributed by atoms with Crippen LogP contribution in [0.3, 0.4) is 0 Å². The third kappa shape index (κ3) is 4.00. The van der Waals surface area contributed by atoms with E-state index >= 15 is 0 Å². The van der Waals surface area contributed by atoms with Gasteiger partial charge in [-0.25, -0.2) is 4.98 Å². The second kappa shape index (κ2) is 7.43. The highest BCUT2D eigenvalue weighted by Crippen LogP contribution is 2.21. The van der Waals surface area contributed by atoms with Crippen LogP contribution in [0.4, 0.5) is 0 Å². The monoisotopic (exact) mass is 337 g/mol. The Kier molecular flexibility index (Phi) is 5.57. The zero-order valence-corrected chi connectivity index (χ0v) is 13.9. The van der Waals surface area contributed by atoms with Crippen molar-refractivity contribution in [2.75, 3.05) is 19.6 Å². The summed E-state index contributed by atoms with van der Waals surface area (Å²) in [6, 6.07) is 0. The lowest BCUT2D eigenvalue weighted by molar-refractivity contribution is 0.0951. The maximum atomic E-state index is 12.3. The van der Waals surface area contributed by atoms with Crippen molar-refractivity contribution in [1.82, 2.24) is 25.4 Å². The van der Waals surface area contributed by atoms with Crippen molar-refractivity contribution in [2.24, 2.45) is 7.05 Å². The third-order valence-corrected chi connectivity index (χ3v) is 3.60. The number of oxazole rings is 1. The van der Waals surface area contributed by atoms with E-state index in [9.17, 15) is 4.79 Å². The number of hydrogen-bond acceptors (Lipinski definition) is 5. The first-order valence-electron chi connectivity index (χ1n) is 7.27. The molecule has 0 saturated carbocycles. The van der Waals surface area contributed by atoms with Crippen molar-refractivity contribution in [1.29, 1.82) is 0 Å². The molecule has 0 aromatic carbocycles. The maximum Gasteiger partial charge on any atom is 0.273 e. The van der Waals surface area contributed by atoms with E-state index in [0.717, 1.165) is 25.1 Å².